The Hall–Kier alpha value is -1.70. The number of pyridine rings is 2. The van der Waals surface area contributed by atoms with E-state index < -0.39 is 17.8 Å². The molecule has 3 N–H and O–H groups in total. The summed E-state index contributed by atoms with van der Waals surface area (Å²) in [7, 11) is 0. The number of aromatic nitrogens is 2. The molecule has 2 aromatic rings. The second kappa shape index (κ2) is 6.38. The van der Waals surface area contributed by atoms with Crippen LogP contribution in [0.5, 0.6) is 0 Å². The maximum atomic E-state index is 12.5. The van der Waals surface area contributed by atoms with Crippen LogP contribution in [0.2, 0.25) is 5.02 Å². The normalized spacial score (nSPS) is 13.2. The molecule has 21 heavy (non-hydrogen) atoms. The summed E-state index contributed by atoms with van der Waals surface area (Å²) in [6, 6.07) is 3.53. The minimum Gasteiger partial charge on any atom is -0.271 e. The average molecular weight is 317 g/mol. The summed E-state index contributed by atoms with van der Waals surface area (Å²) in [5.74, 6) is 5.46. The molecule has 0 aliphatic heterocycles. The van der Waals surface area contributed by atoms with Gasteiger partial charge in [-0.05, 0) is 30.2 Å². The minimum absolute atomic E-state index is 0.385. The van der Waals surface area contributed by atoms with Gasteiger partial charge in [-0.25, -0.2) is 0 Å². The Morgan fingerprint density at radius 1 is 1.24 bits per heavy atom. The van der Waals surface area contributed by atoms with E-state index in [9.17, 15) is 13.2 Å². The Morgan fingerprint density at radius 3 is 2.52 bits per heavy atom. The predicted molar refractivity (Wildman–Crippen MR) is 72.3 cm³/mol. The van der Waals surface area contributed by atoms with Gasteiger partial charge in [0.15, 0.2) is 0 Å². The van der Waals surface area contributed by atoms with Crippen molar-refractivity contribution >= 4 is 11.6 Å². The molecule has 4 nitrogen and oxygen atoms in total. The van der Waals surface area contributed by atoms with E-state index in [1.807, 2.05) is 0 Å². The number of nitrogens with one attached hydrogen (secondary N) is 1. The van der Waals surface area contributed by atoms with E-state index in [1.54, 1.807) is 12.3 Å². The third-order valence-electron chi connectivity index (χ3n) is 2.95. The van der Waals surface area contributed by atoms with Crippen molar-refractivity contribution in [2.75, 3.05) is 0 Å². The van der Waals surface area contributed by atoms with Crippen molar-refractivity contribution in [3.8, 4) is 0 Å². The molecule has 2 heterocycles. The Labute approximate surface area is 124 Å². The fraction of sp³-hybridized carbons (Fsp3) is 0.231. The molecule has 0 bridgehead atoms. The van der Waals surface area contributed by atoms with Gasteiger partial charge in [0.2, 0.25) is 0 Å². The minimum atomic E-state index is -4.41. The van der Waals surface area contributed by atoms with Crippen LogP contribution in [0.3, 0.4) is 0 Å². The van der Waals surface area contributed by atoms with Crippen LogP contribution >= 0.6 is 11.6 Å². The Kier molecular flexibility index (Phi) is 4.76. The summed E-state index contributed by atoms with van der Waals surface area (Å²) >= 11 is 6.00. The zero-order valence-corrected chi connectivity index (χ0v) is 11.5. The molecule has 1 atom stereocenters. The van der Waals surface area contributed by atoms with Gasteiger partial charge < -0.3 is 0 Å². The third kappa shape index (κ3) is 3.90. The quantitative estimate of drug-likeness (QED) is 0.672. The van der Waals surface area contributed by atoms with Crippen molar-refractivity contribution in [2.45, 2.75) is 18.6 Å². The van der Waals surface area contributed by atoms with E-state index in [0.29, 0.717) is 17.1 Å². The molecule has 112 valence electrons. The molecule has 0 aliphatic carbocycles. The summed E-state index contributed by atoms with van der Waals surface area (Å²) in [6.45, 7) is 0. The lowest BCUT2D eigenvalue weighted by Crippen LogP contribution is -2.30. The van der Waals surface area contributed by atoms with Gasteiger partial charge in [-0.2, -0.15) is 13.2 Å². The fourth-order valence-electron chi connectivity index (χ4n) is 1.82. The van der Waals surface area contributed by atoms with Crippen molar-refractivity contribution in [3.63, 3.8) is 0 Å². The summed E-state index contributed by atoms with van der Waals surface area (Å²) in [6.07, 6.45) is -0.171. The van der Waals surface area contributed by atoms with E-state index in [1.165, 1.54) is 12.3 Å². The molecular formula is C13H12ClF3N4. The number of hydrazine groups is 1. The molecule has 0 fully saturated rings. The lowest BCUT2D eigenvalue weighted by molar-refractivity contribution is -0.137. The topological polar surface area (TPSA) is 63.8 Å². The first-order valence-electron chi connectivity index (χ1n) is 5.99. The molecule has 0 saturated carbocycles. The molecule has 0 radical (unpaired) electrons. The standard InChI is InChI=1S/C13H12ClF3N4/c14-10-7-19-4-3-8(10)5-12(21-18)11-2-1-9(6-20-11)13(15,16)17/h1-4,6-7,12,21H,5,18H2. The van der Waals surface area contributed by atoms with Crippen molar-refractivity contribution in [1.29, 1.82) is 0 Å². The Bertz CT molecular complexity index is 601. The maximum absolute atomic E-state index is 12.5. The fourth-order valence-corrected chi connectivity index (χ4v) is 2.01. The molecule has 1 unspecified atom stereocenters. The number of halogens is 4. The van der Waals surface area contributed by atoms with E-state index in [2.05, 4.69) is 15.4 Å². The molecule has 2 rings (SSSR count). The van der Waals surface area contributed by atoms with E-state index in [4.69, 9.17) is 17.4 Å². The first kappa shape index (κ1) is 15.7. The monoisotopic (exact) mass is 316 g/mol. The van der Waals surface area contributed by atoms with Gasteiger partial charge in [-0.15, -0.1) is 0 Å². The number of nitrogens with zero attached hydrogens (tertiary/aromatic N) is 2. The van der Waals surface area contributed by atoms with Crippen molar-refractivity contribution in [3.05, 3.63) is 58.6 Å². The number of hydrogen-bond acceptors (Lipinski definition) is 4. The lowest BCUT2D eigenvalue weighted by atomic mass is 10.0. The first-order valence-corrected chi connectivity index (χ1v) is 6.37. The van der Waals surface area contributed by atoms with Crippen LogP contribution in [0.15, 0.2) is 36.8 Å². The number of nitrogens with two attached hydrogens (primary N) is 1. The Morgan fingerprint density at radius 2 is 2.00 bits per heavy atom. The van der Waals surface area contributed by atoms with Crippen LogP contribution in [-0.2, 0) is 12.6 Å². The summed E-state index contributed by atoms with van der Waals surface area (Å²) < 4.78 is 37.5. The second-order valence-electron chi connectivity index (χ2n) is 4.36. The van der Waals surface area contributed by atoms with Crippen molar-refractivity contribution < 1.29 is 13.2 Å². The smallest absolute Gasteiger partial charge is 0.271 e. The van der Waals surface area contributed by atoms with Crippen molar-refractivity contribution in [1.82, 2.24) is 15.4 Å². The predicted octanol–water partition coefficient (Wildman–Crippen LogP) is 2.90. The van der Waals surface area contributed by atoms with E-state index >= 15 is 0 Å². The van der Waals surface area contributed by atoms with Crippen LogP contribution in [-0.4, -0.2) is 9.97 Å². The first-order chi connectivity index (χ1) is 9.91. The highest BCUT2D eigenvalue weighted by atomic mass is 35.5. The molecule has 8 heteroatoms. The van der Waals surface area contributed by atoms with Crippen molar-refractivity contribution in [2.24, 2.45) is 5.84 Å². The maximum Gasteiger partial charge on any atom is 0.417 e. The van der Waals surface area contributed by atoms with Crippen LogP contribution in [0, 0.1) is 0 Å². The zero-order chi connectivity index (χ0) is 15.5. The molecule has 0 spiro atoms. The van der Waals surface area contributed by atoms with Crippen LogP contribution in [0.25, 0.3) is 0 Å². The largest absolute Gasteiger partial charge is 0.417 e. The van der Waals surface area contributed by atoms with Gasteiger partial charge in [-0.1, -0.05) is 11.6 Å². The summed E-state index contributed by atoms with van der Waals surface area (Å²) in [5.41, 5.74) is 2.90. The second-order valence-corrected chi connectivity index (χ2v) is 4.77. The number of alkyl halides is 3. The molecule has 0 saturated heterocycles. The molecule has 0 aromatic carbocycles. The SMILES string of the molecule is NNC(Cc1ccncc1Cl)c1ccc(C(F)(F)F)cn1. The Balaban J connectivity index is 2.20. The average Bonchev–Trinajstić information content (AvgIpc) is 2.46. The van der Waals surface area contributed by atoms with Gasteiger partial charge in [0.25, 0.3) is 0 Å². The van der Waals surface area contributed by atoms with Gasteiger partial charge in [0.05, 0.1) is 22.3 Å². The van der Waals surface area contributed by atoms with Gasteiger partial charge in [0, 0.05) is 18.6 Å². The van der Waals surface area contributed by atoms with Gasteiger partial charge in [0.1, 0.15) is 0 Å². The van der Waals surface area contributed by atoms with E-state index in [-0.39, 0.29) is 0 Å². The molecule has 0 aliphatic rings. The number of hydrogen-bond donors (Lipinski definition) is 2. The molecule has 0 amide bonds. The third-order valence-corrected chi connectivity index (χ3v) is 3.29. The zero-order valence-electron chi connectivity index (χ0n) is 10.7. The highest BCUT2D eigenvalue weighted by Gasteiger charge is 2.31. The van der Waals surface area contributed by atoms with Crippen LogP contribution in [0.4, 0.5) is 13.2 Å². The van der Waals surface area contributed by atoms with E-state index in [0.717, 1.165) is 17.8 Å². The van der Waals surface area contributed by atoms with Crippen LogP contribution < -0.4 is 11.3 Å². The highest BCUT2D eigenvalue weighted by molar-refractivity contribution is 6.31. The van der Waals surface area contributed by atoms with Gasteiger partial charge >= 0.3 is 6.18 Å². The van der Waals surface area contributed by atoms with Crippen LogP contribution in [0.1, 0.15) is 22.9 Å². The summed E-state index contributed by atoms with van der Waals surface area (Å²) in [5, 5.41) is 0.463. The summed E-state index contributed by atoms with van der Waals surface area (Å²) in [4.78, 5) is 7.69. The number of rotatable bonds is 4. The highest BCUT2D eigenvalue weighted by Crippen LogP contribution is 2.29. The molecular weight excluding hydrogens is 305 g/mol. The van der Waals surface area contributed by atoms with Gasteiger partial charge in [-0.3, -0.25) is 21.2 Å². The molecule has 2 aromatic heterocycles. The lowest BCUT2D eigenvalue weighted by Gasteiger charge is -2.16.